The summed E-state index contributed by atoms with van der Waals surface area (Å²) in [5.41, 5.74) is 1.88. The van der Waals surface area contributed by atoms with Gasteiger partial charge in [-0.2, -0.15) is 0 Å². The van der Waals surface area contributed by atoms with Crippen LogP contribution in [0.5, 0.6) is 0 Å². The lowest BCUT2D eigenvalue weighted by atomic mass is 9.89. The normalized spacial score (nSPS) is 22.3. The molecule has 7 heteroatoms. The first-order valence-electron chi connectivity index (χ1n) is 10.7. The highest BCUT2D eigenvalue weighted by atomic mass is 16.5. The minimum atomic E-state index is -0.861. The van der Waals surface area contributed by atoms with Crippen molar-refractivity contribution in [1.82, 2.24) is 5.32 Å². The van der Waals surface area contributed by atoms with Gasteiger partial charge in [-0.05, 0) is 56.7 Å². The molecule has 0 bridgehead atoms. The molecule has 2 atom stereocenters. The number of esters is 1. The van der Waals surface area contributed by atoms with Crippen LogP contribution in [0.25, 0.3) is 0 Å². The third-order valence-electron chi connectivity index (χ3n) is 6.30. The third-order valence-corrected chi connectivity index (χ3v) is 6.30. The Balaban J connectivity index is 1.35. The van der Waals surface area contributed by atoms with Gasteiger partial charge in [0, 0.05) is 13.1 Å². The first-order valence-corrected chi connectivity index (χ1v) is 10.7. The van der Waals surface area contributed by atoms with Crippen LogP contribution in [0.4, 0.5) is 11.4 Å². The van der Waals surface area contributed by atoms with E-state index in [1.54, 1.807) is 19.1 Å². The van der Waals surface area contributed by atoms with Gasteiger partial charge in [-0.3, -0.25) is 9.59 Å². The standard InChI is InChI=1S/C22H29N3O4/c1-14(20(26)23-13-15-6-3-2-4-7-15)29-22(28)16-9-10-18-17(12-16)24-21(27)19-8-5-11-25(18)19/h9-10,12,14-15,19H,2-8,11,13H2,1H3,(H,23,26)(H,24,27)/t14-,19+/m0/s1. The maximum Gasteiger partial charge on any atom is 0.338 e. The molecule has 156 valence electrons. The van der Waals surface area contributed by atoms with E-state index in [2.05, 4.69) is 15.5 Å². The third kappa shape index (κ3) is 4.23. The van der Waals surface area contributed by atoms with E-state index in [0.717, 1.165) is 37.9 Å². The molecule has 1 saturated heterocycles. The van der Waals surface area contributed by atoms with Gasteiger partial charge in [-0.25, -0.2) is 4.79 Å². The van der Waals surface area contributed by atoms with Gasteiger partial charge in [0.25, 0.3) is 5.91 Å². The highest BCUT2D eigenvalue weighted by Gasteiger charge is 2.36. The van der Waals surface area contributed by atoms with Crippen molar-refractivity contribution in [3.63, 3.8) is 0 Å². The zero-order valence-electron chi connectivity index (χ0n) is 16.9. The van der Waals surface area contributed by atoms with Gasteiger partial charge in [0.05, 0.1) is 16.9 Å². The van der Waals surface area contributed by atoms with Crippen molar-refractivity contribution in [3.8, 4) is 0 Å². The Morgan fingerprint density at radius 3 is 2.79 bits per heavy atom. The van der Waals surface area contributed by atoms with Crippen LogP contribution in [0.15, 0.2) is 18.2 Å². The molecule has 2 aliphatic heterocycles. The Morgan fingerprint density at radius 2 is 2.00 bits per heavy atom. The molecule has 4 rings (SSSR count). The zero-order valence-corrected chi connectivity index (χ0v) is 16.9. The highest BCUT2D eigenvalue weighted by molar-refractivity contribution is 6.05. The minimum absolute atomic E-state index is 0.0315. The molecular formula is C22H29N3O4. The van der Waals surface area contributed by atoms with E-state index in [1.807, 2.05) is 6.07 Å². The van der Waals surface area contributed by atoms with Crippen LogP contribution in [0.3, 0.4) is 0 Å². The number of rotatable bonds is 5. The van der Waals surface area contributed by atoms with Gasteiger partial charge >= 0.3 is 5.97 Å². The summed E-state index contributed by atoms with van der Waals surface area (Å²) in [5.74, 6) is -0.341. The van der Waals surface area contributed by atoms with E-state index in [9.17, 15) is 14.4 Å². The molecule has 1 aromatic rings. The van der Waals surface area contributed by atoms with Crippen molar-refractivity contribution in [2.75, 3.05) is 23.3 Å². The predicted octanol–water partition coefficient (Wildman–Crippen LogP) is 2.85. The Morgan fingerprint density at radius 1 is 1.21 bits per heavy atom. The fourth-order valence-corrected chi connectivity index (χ4v) is 4.62. The van der Waals surface area contributed by atoms with Crippen molar-refractivity contribution < 1.29 is 19.1 Å². The molecule has 2 fully saturated rings. The molecule has 3 aliphatic rings. The first kappa shape index (κ1) is 19.7. The molecule has 1 aromatic carbocycles. The van der Waals surface area contributed by atoms with Crippen LogP contribution in [-0.2, 0) is 14.3 Å². The van der Waals surface area contributed by atoms with E-state index in [4.69, 9.17) is 4.74 Å². The van der Waals surface area contributed by atoms with Gasteiger partial charge in [0.15, 0.2) is 6.10 Å². The van der Waals surface area contributed by atoms with E-state index >= 15 is 0 Å². The van der Waals surface area contributed by atoms with Crippen molar-refractivity contribution in [2.24, 2.45) is 5.92 Å². The Kier molecular flexibility index (Phi) is 5.74. The summed E-state index contributed by atoms with van der Waals surface area (Å²) in [5, 5.41) is 5.80. The van der Waals surface area contributed by atoms with Crippen LogP contribution in [-0.4, -0.2) is 43.0 Å². The number of fused-ring (bicyclic) bond motifs is 3. The molecule has 0 unspecified atom stereocenters. The second-order valence-electron chi connectivity index (χ2n) is 8.37. The summed E-state index contributed by atoms with van der Waals surface area (Å²) in [7, 11) is 0. The van der Waals surface area contributed by atoms with Crippen molar-refractivity contribution in [3.05, 3.63) is 23.8 Å². The number of nitrogens with one attached hydrogen (secondary N) is 2. The van der Waals surface area contributed by atoms with E-state index in [-0.39, 0.29) is 17.9 Å². The molecule has 7 nitrogen and oxygen atoms in total. The summed E-state index contributed by atoms with van der Waals surface area (Å²) in [6.45, 7) is 3.07. The monoisotopic (exact) mass is 399 g/mol. The van der Waals surface area contributed by atoms with Crippen molar-refractivity contribution in [2.45, 2.75) is 64.0 Å². The molecule has 1 aliphatic carbocycles. The van der Waals surface area contributed by atoms with Crippen LogP contribution in [0.2, 0.25) is 0 Å². The van der Waals surface area contributed by atoms with Gasteiger partial charge in [0.1, 0.15) is 6.04 Å². The lowest BCUT2D eigenvalue weighted by Gasteiger charge is -2.33. The zero-order chi connectivity index (χ0) is 20.4. The Bertz CT molecular complexity index is 803. The highest BCUT2D eigenvalue weighted by Crippen LogP contribution is 2.37. The largest absolute Gasteiger partial charge is 0.449 e. The van der Waals surface area contributed by atoms with Crippen LogP contribution in [0.1, 0.15) is 62.2 Å². The average Bonchev–Trinajstić information content (AvgIpc) is 3.23. The van der Waals surface area contributed by atoms with Gasteiger partial charge in [-0.1, -0.05) is 19.3 Å². The molecule has 2 N–H and O–H groups in total. The van der Waals surface area contributed by atoms with Crippen LogP contribution >= 0.6 is 0 Å². The molecule has 0 radical (unpaired) electrons. The molecule has 2 heterocycles. The number of hydrogen-bond acceptors (Lipinski definition) is 5. The summed E-state index contributed by atoms with van der Waals surface area (Å²) < 4.78 is 5.37. The second kappa shape index (κ2) is 8.43. The quantitative estimate of drug-likeness (QED) is 0.744. The fourth-order valence-electron chi connectivity index (χ4n) is 4.62. The Labute approximate surface area is 171 Å². The molecule has 0 aromatic heterocycles. The number of anilines is 2. The maximum atomic E-state index is 12.5. The lowest BCUT2D eigenvalue weighted by Crippen LogP contribution is -2.44. The number of carbonyl (C=O) groups excluding carboxylic acids is 3. The topological polar surface area (TPSA) is 87.7 Å². The minimum Gasteiger partial charge on any atom is -0.449 e. The van der Waals surface area contributed by atoms with Crippen LogP contribution < -0.4 is 15.5 Å². The first-order chi connectivity index (χ1) is 14.0. The number of benzene rings is 1. The number of ether oxygens (including phenoxy) is 1. The number of amides is 2. The van der Waals surface area contributed by atoms with E-state index in [0.29, 0.717) is 23.7 Å². The smallest absolute Gasteiger partial charge is 0.338 e. The van der Waals surface area contributed by atoms with Gasteiger partial charge in [-0.15, -0.1) is 0 Å². The van der Waals surface area contributed by atoms with E-state index < -0.39 is 12.1 Å². The van der Waals surface area contributed by atoms with E-state index in [1.165, 1.54) is 19.3 Å². The summed E-state index contributed by atoms with van der Waals surface area (Å²) in [6, 6.07) is 5.06. The Hall–Kier alpha value is -2.57. The van der Waals surface area contributed by atoms with Crippen molar-refractivity contribution >= 4 is 29.2 Å². The molecule has 0 spiro atoms. The number of carbonyl (C=O) groups is 3. The molecular weight excluding hydrogens is 370 g/mol. The SMILES string of the molecule is C[C@H](OC(=O)c1ccc2c(c1)NC(=O)[C@H]1CCCN21)C(=O)NCC1CCCCC1. The lowest BCUT2D eigenvalue weighted by molar-refractivity contribution is -0.129. The second-order valence-corrected chi connectivity index (χ2v) is 8.37. The number of hydrogen-bond donors (Lipinski definition) is 2. The summed E-state index contributed by atoms with van der Waals surface area (Å²) >= 11 is 0. The summed E-state index contributed by atoms with van der Waals surface area (Å²) in [6.07, 6.45) is 6.98. The molecule has 2 amide bonds. The number of nitrogens with zero attached hydrogens (tertiary/aromatic N) is 1. The van der Waals surface area contributed by atoms with Gasteiger partial charge < -0.3 is 20.3 Å². The average molecular weight is 399 g/mol. The predicted molar refractivity (Wildman–Crippen MR) is 110 cm³/mol. The fraction of sp³-hybridized carbons (Fsp3) is 0.591. The maximum absolute atomic E-state index is 12.5. The van der Waals surface area contributed by atoms with Crippen LogP contribution in [0, 0.1) is 5.92 Å². The molecule has 1 saturated carbocycles. The summed E-state index contributed by atoms with van der Waals surface area (Å²) in [4.78, 5) is 39.2. The molecule has 29 heavy (non-hydrogen) atoms. The van der Waals surface area contributed by atoms with Gasteiger partial charge in [0.2, 0.25) is 5.91 Å². The van der Waals surface area contributed by atoms with Crippen molar-refractivity contribution in [1.29, 1.82) is 0 Å².